The average Bonchev–Trinajstić information content (AvgIpc) is 3.01. The topological polar surface area (TPSA) is 28.7 Å². The highest BCUT2D eigenvalue weighted by Gasteiger charge is 2.10. The summed E-state index contributed by atoms with van der Waals surface area (Å²) in [5.41, 5.74) is 5.42. The fraction of sp³-hybridized carbons (Fsp3) is 0. The molecule has 0 atom stereocenters. The molecule has 4 aromatic rings. The van der Waals surface area contributed by atoms with Crippen molar-refractivity contribution >= 4 is 22.5 Å². The van der Waals surface area contributed by atoms with E-state index in [9.17, 15) is 0 Å². The van der Waals surface area contributed by atoms with Crippen molar-refractivity contribution in [3.8, 4) is 22.3 Å². The molecule has 0 saturated carbocycles. The third-order valence-electron chi connectivity index (χ3n) is 3.81. The van der Waals surface area contributed by atoms with Gasteiger partial charge in [-0.1, -0.05) is 48.0 Å². The smallest absolute Gasteiger partial charge is 0.0506 e. The summed E-state index contributed by atoms with van der Waals surface area (Å²) in [5.74, 6) is 0. The summed E-state index contributed by atoms with van der Waals surface area (Å²) in [4.78, 5) is 7.67. The Kier molecular flexibility index (Phi) is 3.17. The number of aromatic amines is 1. The molecule has 0 aliphatic rings. The van der Waals surface area contributed by atoms with E-state index in [2.05, 4.69) is 28.2 Å². The molecule has 0 aliphatic heterocycles. The summed E-state index contributed by atoms with van der Waals surface area (Å²) in [7, 11) is 0. The minimum absolute atomic E-state index is 0.749. The Balaban J connectivity index is 1.89. The number of rotatable bonds is 2. The van der Waals surface area contributed by atoms with Crippen LogP contribution in [0.5, 0.6) is 0 Å². The predicted octanol–water partition coefficient (Wildman–Crippen LogP) is 5.55. The quantitative estimate of drug-likeness (QED) is 0.516. The lowest BCUT2D eigenvalue weighted by atomic mass is 10.0. The molecule has 0 saturated heterocycles. The van der Waals surface area contributed by atoms with Gasteiger partial charge < -0.3 is 4.98 Å². The van der Waals surface area contributed by atoms with E-state index in [1.54, 1.807) is 0 Å². The number of H-pyrrole nitrogens is 1. The van der Waals surface area contributed by atoms with Crippen LogP contribution in [0.4, 0.5) is 0 Å². The van der Waals surface area contributed by atoms with Crippen LogP contribution in [0.1, 0.15) is 0 Å². The Labute approximate surface area is 133 Å². The van der Waals surface area contributed by atoms with Gasteiger partial charge in [-0.3, -0.25) is 4.98 Å². The van der Waals surface area contributed by atoms with Crippen molar-refractivity contribution in [1.82, 2.24) is 9.97 Å². The summed E-state index contributed by atoms with van der Waals surface area (Å²) in [6.45, 7) is 0. The SMILES string of the molecule is Clc1cccc2[nH]cc(-c3cncc(-c4ccccc4)c3)c12. The lowest BCUT2D eigenvalue weighted by Gasteiger charge is -2.05. The predicted molar refractivity (Wildman–Crippen MR) is 92.0 cm³/mol. The van der Waals surface area contributed by atoms with Gasteiger partial charge in [0.1, 0.15) is 0 Å². The van der Waals surface area contributed by atoms with E-state index in [4.69, 9.17) is 11.6 Å². The van der Waals surface area contributed by atoms with Crippen molar-refractivity contribution in [2.45, 2.75) is 0 Å². The highest BCUT2D eigenvalue weighted by molar-refractivity contribution is 6.36. The zero-order valence-corrected chi connectivity index (χ0v) is 12.5. The van der Waals surface area contributed by atoms with Gasteiger partial charge >= 0.3 is 0 Å². The van der Waals surface area contributed by atoms with Crippen molar-refractivity contribution in [3.05, 3.63) is 78.2 Å². The normalized spacial score (nSPS) is 11.0. The first kappa shape index (κ1) is 13.1. The molecule has 0 fully saturated rings. The van der Waals surface area contributed by atoms with Gasteiger partial charge in [-0.2, -0.15) is 0 Å². The molecule has 0 radical (unpaired) electrons. The molecule has 0 spiro atoms. The zero-order valence-electron chi connectivity index (χ0n) is 11.8. The van der Waals surface area contributed by atoms with Crippen LogP contribution in [0.2, 0.25) is 5.02 Å². The first-order chi connectivity index (χ1) is 10.8. The van der Waals surface area contributed by atoms with Crippen molar-refractivity contribution in [2.75, 3.05) is 0 Å². The molecule has 0 amide bonds. The molecule has 22 heavy (non-hydrogen) atoms. The minimum atomic E-state index is 0.749. The maximum Gasteiger partial charge on any atom is 0.0506 e. The third kappa shape index (κ3) is 2.18. The molecule has 0 aliphatic carbocycles. The highest BCUT2D eigenvalue weighted by atomic mass is 35.5. The van der Waals surface area contributed by atoms with Crippen LogP contribution in [0.3, 0.4) is 0 Å². The third-order valence-corrected chi connectivity index (χ3v) is 4.13. The molecule has 2 nitrogen and oxygen atoms in total. The van der Waals surface area contributed by atoms with E-state index in [0.717, 1.165) is 38.2 Å². The van der Waals surface area contributed by atoms with Crippen LogP contribution in [0.25, 0.3) is 33.2 Å². The van der Waals surface area contributed by atoms with Crippen LogP contribution in [0.15, 0.2) is 73.2 Å². The van der Waals surface area contributed by atoms with Crippen LogP contribution >= 0.6 is 11.6 Å². The molecule has 0 unspecified atom stereocenters. The Morgan fingerprint density at radius 1 is 0.818 bits per heavy atom. The van der Waals surface area contributed by atoms with E-state index in [1.807, 2.05) is 55.0 Å². The molecule has 2 heterocycles. The second-order valence-corrected chi connectivity index (χ2v) is 5.60. The first-order valence-corrected chi connectivity index (χ1v) is 7.47. The fourth-order valence-electron chi connectivity index (χ4n) is 2.74. The van der Waals surface area contributed by atoms with Gasteiger partial charge in [-0.05, 0) is 23.8 Å². The van der Waals surface area contributed by atoms with Crippen molar-refractivity contribution in [2.24, 2.45) is 0 Å². The van der Waals surface area contributed by atoms with E-state index in [-0.39, 0.29) is 0 Å². The van der Waals surface area contributed by atoms with Crippen LogP contribution in [-0.4, -0.2) is 9.97 Å². The van der Waals surface area contributed by atoms with Crippen molar-refractivity contribution in [3.63, 3.8) is 0 Å². The minimum Gasteiger partial charge on any atom is -0.360 e. The molecule has 2 aromatic heterocycles. The summed E-state index contributed by atoms with van der Waals surface area (Å²) >= 11 is 6.37. The first-order valence-electron chi connectivity index (χ1n) is 7.09. The van der Waals surface area contributed by atoms with Gasteiger partial charge in [0.2, 0.25) is 0 Å². The summed E-state index contributed by atoms with van der Waals surface area (Å²) in [6.07, 6.45) is 5.75. The maximum absolute atomic E-state index is 6.37. The van der Waals surface area contributed by atoms with E-state index < -0.39 is 0 Å². The lowest BCUT2D eigenvalue weighted by Crippen LogP contribution is -1.83. The van der Waals surface area contributed by atoms with E-state index in [1.165, 1.54) is 0 Å². The maximum atomic E-state index is 6.37. The van der Waals surface area contributed by atoms with Gasteiger partial charge in [0.05, 0.1) is 5.02 Å². The van der Waals surface area contributed by atoms with Gasteiger partial charge in [-0.15, -0.1) is 0 Å². The standard InChI is InChI=1S/C19H13ClN2/c20-17-7-4-8-18-19(17)16(12-22-18)15-9-14(10-21-11-15)13-5-2-1-3-6-13/h1-12,22H. The lowest BCUT2D eigenvalue weighted by molar-refractivity contribution is 1.33. The molecule has 1 N–H and O–H groups in total. The molecular weight excluding hydrogens is 292 g/mol. The number of benzene rings is 2. The molecule has 106 valence electrons. The van der Waals surface area contributed by atoms with Crippen LogP contribution in [-0.2, 0) is 0 Å². The highest BCUT2D eigenvalue weighted by Crippen LogP contribution is 2.34. The number of halogens is 1. The Hall–Kier alpha value is -2.58. The molecule has 2 aromatic carbocycles. The molecule has 4 rings (SSSR count). The number of hydrogen-bond acceptors (Lipinski definition) is 1. The zero-order chi connectivity index (χ0) is 14.9. The van der Waals surface area contributed by atoms with Gasteiger partial charge in [0, 0.05) is 46.2 Å². The molecule has 3 heteroatoms. The van der Waals surface area contributed by atoms with E-state index in [0.29, 0.717) is 0 Å². The van der Waals surface area contributed by atoms with Crippen LogP contribution < -0.4 is 0 Å². The van der Waals surface area contributed by atoms with Crippen molar-refractivity contribution in [1.29, 1.82) is 0 Å². The fourth-order valence-corrected chi connectivity index (χ4v) is 3.02. The largest absolute Gasteiger partial charge is 0.360 e. The summed E-state index contributed by atoms with van der Waals surface area (Å²) in [5, 5.41) is 1.79. The second kappa shape index (κ2) is 5.32. The van der Waals surface area contributed by atoms with E-state index >= 15 is 0 Å². The second-order valence-electron chi connectivity index (χ2n) is 5.19. The van der Waals surface area contributed by atoms with Crippen molar-refractivity contribution < 1.29 is 0 Å². The number of aromatic nitrogens is 2. The monoisotopic (exact) mass is 304 g/mol. The van der Waals surface area contributed by atoms with Gasteiger partial charge in [-0.25, -0.2) is 0 Å². The molecule has 0 bridgehead atoms. The molecular formula is C19H13ClN2. The van der Waals surface area contributed by atoms with Crippen LogP contribution in [0, 0.1) is 0 Å². The average molecular weight is 305 g/mol. The summed E-state index contributed by atoms with van der Waals surface area (Å²) in [6, 6.07) is 18.3. The van der Waals surface area contributed by atoms with Gasteiger partial charge in [0.25, 0.3) is 0 Å². The number of nitrogens with zero attached hydrogens (tertiary/aromatic N) is 1. The number of fused-ring (bicyclic) bond motifs is 1. The Bertz CT molecular complexity index is 942. The van der Waals surface area contributed by atoms with Gasteiger partial charge in [0.15, 0.2) is 0 Å². The number of nitrogens with one attached hydrogen (secondary N) is 1. The Morgan fingerprint density at radius 3 is 2.50 bits per heavy atom. The Morgan fingerprint density at radius 2 is 1.64 bits per heavy atom. The number of pyridine rings is 1. The summed E-state index contributed by atoms with van der Waals surface area (Å²) < 4.78 is 0. The number of hydrogen-bond donors (Lipinski definition) is 1.